The molecule has 2 fully saturated rings. The zero-order valence-electron chi connectivity index (χ0n) is 18.1. The molecule has 28 heavy (non-hydrogen) atoms. The van der Waals surface area contributed by atoms with Crippen molar-refractivity contribution >= 4 is 12.1 Å². The molecule has 3 heteroatoms. The Hall–Kier alpha value is -1.48. The summed E-state index contributed by atoms with van der Waals surface area (Å²) in [6.07, 6.45) is 13.7. The highest BCUT2D eigenvalue weighted by Gasteiger charge is 2.56. The third kappa shape index (κ3) is 3.83. The predicted molar refractivity (Wildman–Crippen MR) is 113 cm³/mol. The summed E-state index contributed by atoms with van der Waals surface area (Å²) in [6, 6.07) is 0. The molecule has 2 saturated carbocycles. The van der Waals surface area contributed by atoms with Gasteiger partial charge >= 0.3 is 0 Å². The van der Waals surface area contributed by atoms with E-state index in [0.717, 1.165) is 25.5 Å². The molecule has 0 aliphatic heterocycles. The third-order valence-electron chi connectivity index (χ3n) is 7.85. The van der Waals surface area contributed by atoms with Crippen molar-refractivity contribution in [1.82, 2.24) is 0 Å². The lowest BCUT2D eigenvalue weighted by atomic mass is 9.63. The van der Waals surface area contributed by atoms with Gasteiger partial charge in [0, 0.05) is 12.3 Å². The average molecular weight is 385 g/mol. The predicted octanol–water partition coefficient (Wildman–Crippen LogP) is 5.05. The number of ketones is 1. The van der Waals surface area contributed by atoms with E-state index in [2.05, 4.69) is 45.9 Å². The zero-order valence-corrected chi connectivity index (χ0v) is 18.1. The Labute approximate surface area is 170 Å². The fourth-order valence-electron chi connectivity index (χ4n) is 6.25. The molecule has 3 nitrogen and oxygen atoms in total. The van der Waals surface area contributed by atoms with Crippen molar-refractivity contribution in [2.24, 2.45) is 35.0 Å². The first-order valence-electron chi connectivity index (χ1n) is 10.8. The number of hydrogen-bond acceptors (Lipinski definition) is 3. The Morgan fingerprint density at radius 1 is 1.29 bits per heavy atom. The molecule has 1 unspecified atom stereocenters. The molecular weight excluding hydrogens is 348 g/mol. The highest BCUT2D eigenvalue weighted by atomic mass is 16.3. The van der Waals surface area contributed by atoms with Crippen molar-refractivity contribution in [2.75, 3.05) is 0 Å². The maximum absolute atomic E-state index is 12.6. The van der Waals surface area contributed by atoms with Gasteiger partial charge in [0.25, 0.3) is 0 Å². The van der Waals surface area contributed by atoms with Crippen LogP contribution in [0.4, 0.5) is 0 Å². The van der Waals surface area contributed by atoms with E-state index < -0.39 is 11.5 Å². The minimum Gasteiger partial charge on any atom is -0.389 e. The Kier molecular flexibility index (Phi) is 5.87. The Morgan fingerprint density at radius 3 is 2.64 bits per heavy atom. The molecule has 3 aliphatic rings. The number of aliphatic hydroxyl groups is 1. The van der Waals surface area contributed by atoms with Gasteiger partial charge in [-0.3, -0.25) is 9.59 Å². The summed E-state index contributed by atoms with van der Waals surface area (Å²) in [7, 11) is 0. The van der Waals surface area contributed by atoms with E-state index in [1.54, 1.807) is 6.92 Å². The molecule has 0 bridgehead atoms. The number of Topliss-reactive ketones (excluding diaryl/α,β-unsaturated/α-hetero) is 1. The molecular formula is C25H36O3. The second-order valence-corrected chi connectivity index (χ2v) is 10.3. The van der Waals surface area contributed by atoms with Gasteiger partial charge in [-0.05, 0) is 75.2 Å². The molecule has 3 rings (SSSR count). The van der Waals surface area contributed by atoms with E-state index in [-0.39, 0.29) is 23.5 Å². The van der Waals surface area contributed by atoms with Gasteiger partial charge in [-0.1, -0.05) is 43.7 Å². The van der Waals surface area contributed by atoms with Crippen LogP contribution < -0.4 is 0 Å². The number of fused-ring (bicyclic) bond motifs is 2. The number of carbonyl (C=O) groups is 2. The first-order valence-corrected chi connectivity index (χ1v) is 10.8. The number of carbonyl (C=O) groups excluding carboxylic acids is 2. The summed E-state index contributed by atoms with van der Waals surface area (Å²) < 4.78 is 0. The molecule has 0 aromatic heterocycles. The minimum atomic E-state index is -1.01. The van der Waals surface area contributed by atoms with Crippen molar-refractivity contribution < 1.29 is 14.7 Å². The maximum Gasteiger partial charge on any atom is 0.146 e. The quantitative estimate of drug-likeness (QED) is 0.545. The molecule has 0 radical (unpaired) electrons. The average Bonchev–Trinajstić information content (AvgIpc) is 3.01. The van der Waals surface area contributed by atoms with Crippen molar-refractivity contribution in [3.05, 3.63) is 35.5 Å². The molecule has 7 atom stereocenters. The van der Waals surface area contributed by atoms with Gasteiger partial charge < -0.3 is 5.11 Å². The molecule has 0 heterocycles. The lowest BCUT2D eigenvalue weighted by Crippen LogP contribution is -2.40. The van der Waals surface area contributed by atoms with Gasteiger partial charge in [-0.25, -0.2) is 0 Å². The van der Waals surface area contributed by atoms with E-state index >= 15 is 0 Å². The zero-order chi connectivity index (χ0) is 20.7. The summed E-state index contributed by atoms with van der Waals surface area (Å²) in [5.74, 6) is 0.967. The monoisotopic (exact) mass is 384 g/mol. The van der Waals surface area contributed by atoms with Crippen LogP contribution in [0.5, 0.6) is 0 Å². The highest BCUT2D eigenvalue weighted by Crippen LogP contribution is 2.59. The first-order chi connectivity index (χ1) is 13.1. The summed E-state index contributed by atoms with van der Waals surface area (Å²) in [5.41, 5.74) is 0.990. The third-order valence-corrected chi connectivity index (χ3v) is 7.85. The van der Waals surface area contributed by atoms with E-state index in [4.69, 9.17) is 0 Å². The van der Waals surface area contributed by atoms with Crippen LogP contribution in [0.15, 0.2) is 35.5 Å². The number of aldehydes is 1. The van der Waals surface area contributed by atoms with Crippen molar-refractivity contribution in [3.8, 4) is 0 Å². The van der Waals surface area contributed by atoms with Crippen LogP contribution in [0.3, 0.4) is 0 Å². The summed E-state index contributed by atoms with van der Waals surface area (Å²) in [5, 5.41) is 11.0. The molecule has 154 valence electrons. The molecule has 0 aromatic rings. The van der Waals surface area contributed by atoms with Gasteiger partial charge in [0.2, 0.25) is 0 Å². The first kappa shape index (κ1) is 21.2. The van der Waals surface area contributed by atoms with Gasteiger partial charge in [0.1, 0.15) is 12.1 Å². The molecule has 3 aliphatic carbocycles. The molecule has 1 N–H and O–H groups in total. The van der Waals surface area contributed by atoms with Crippen LogP contribution in [-0.2, 0) is 9.59 Å². The van der Waals surface area contributed by atoms with E-state index in [1.807, 2.05) is 6.08 Å². The van der Waals surface area contributed by atoms with Crippen molar-refractivity contribution in [2.45, 2.75) is 72.3 Å². The highest BCUT2D eigenvalue weighted by molar-refractivity contribution is 5.94. The Morgan fingerprint density at radius 2 is 2.00 bits per heavy atom. The maximum atomic E-state index is 12.6. The van der Waals surface area contributed by atoms with Crippen molar-refractivity contribution in [1.29, 1.82) is 0 Å². The van der Waals surface area contributed by atoms with Crippen molar-refractivity contribution in [3.63, 3.8) is 0 Å². The summed E-state index contributed by atoms with van der Waals surface area (Å²) >= 11 is 0. The van der Waals surface area contributed by atoms with E-state index in [1.165, 1.54) is 12.0 Å². The Bertz CT molecular complexity index is 722. The molecule has 0 aromatic carbocycles. The van der Waals surface area contributed by atoms with Gasteiger partial charge in [-0.15, -0.1) is 0 Å². The lowest BCUT2D eigenvalue weighted by Gasteiger charge is -2.42. The number of rotatable bonds is 4. The van der Waals surface area contributed by atoms with Crippen LogP contribution in [0.2, 0.25) is 0 Å². The normalized spacial score (nSPS) is 41.6. The fraction of sp³-hybridized carbons (Fsp3) is 0.680. The summed E-state index contributed by atoms with van der Waals surface area (Å²) in [4.78, 5) is 24.4. The van der Waals surface area contributed by atoms with Crippen LogP contribution in [0, 0.1) is 35.0 Å². The Balaban J connectivity index is 1.92. The second kappa shape index (κ2) is 7.74. The topological polar surface area (TPSA) is 54.4 Å². The lowest BCUT2D eigenvalue weighted by molar-refractivity contribution is -0.121. The van der Waals surface area contributed by atoms with Gasteiger partial charge in [-0.2, -0.15) is 0 Å². The van der Waals surface area contributed by atoms with Crippen LogP contribution in [0.1, 0.15) is 66.7 Å². The van der Waals surface area contributed by atoms with Gasteiger partial charge in [0.05, 0.1) is 11.5 Å². The number of allylic oxidation sites excluding steroid dienone is 6. The van der Waals surface area contributed by atoms with E-state index in [9.17, 15) is 14.7 Å². The van der Waals surface area contributed by atoms with E-state index in [0.29, 0.717) is 23.3 Å². The molecule has 0 saturated heterocycles. The smallest absolute Gasteiger partial charge is 0.146 e. The minimum absolute atomic E-state index is 0.0305. The van der Waals surface area contributed by atoms with Gasteiger partial charge in [0.15, 0.2) is 0 Å². The molecule has 0 amide bonds. The van der Waals surface area contributed by atoms with Crippen LogP contribution in [0.25, 0.3) is 0 Å². The summed E-state index contributed by atoms with van der Waals surface area (Å²) in [6.45, 7) is 10.6. The van der Waals surface area contributed by atoms with Crippen LogP contribution >= 0.6 is 0 Å². The van der Waals surface area contributed by atoms with Crippen LogP contribution in [-0.4, -0.2) is 22.8 Å². The molecule has 0 spiro atoms. The SMILES string of the molecule is CC(C)=C/C=C\[C@H](C)C1CC[C@]2(C)C[C@H]3[C@@H](C(=O)C[C@@]3(C)O)C(C=O)=CC[C@@H]12. The largest absolute Gasteiger partial charge is 0.389 e. The number of hydrogen-bond donors (Lipinski definition) is 1. The standard InChI is InChI=1S/C25H36O3/c1-16(2)7-6-8-17(3)19-11-12-24(4)13-21-23(22(27)14-25(21,5)28)18(15-26)9-10-20(19)24/h6-9,15,17,19-21,23,28H,10-14H2,1-5H3/b8-6-,18-9?/t17-,19?,20-,21-,23-,24+,25+/m0/s1. The second-order valence-electron chi connectivity index (χ2n) is 10.3. The fourth-order valence-corrected chi connectivity index (χ4v) is 6.25.